The van der Waals surface area contributed by atoms with Crippen LogP contribution in [0.5, 0.6) is 0 Å². The maximum absolute atomic E-state index is 12.7. The van der Waals surface area contributed by atoms with Crippen molar-refractivity contribution >= 4 is 29.9 Å². The van der Waals surface area contributed by atoms with Gasteiger partial charge in [0.05, 0.1) is 12.1 Å². The molecule has 0 amide bonds. The molecule has 8 heteroatoms. The Morgan fingerprint density at radius 2 is 1.93 bits per heavy atom. The Balaban J connectivity index is 0.00000784. The zero-order valence-electron chi connectivity index (χ0n) is 17.6. The van der Waals surface area contributed by atoms with Crippen LogP contribution in [0.25, 0.3) is 0 Å². The number of hydrogen-bond acceptors (Lipinski definition) is 2. The minimum Gasteiger partial charge on any atom is -0.354 e. The van der Waals surface area contributed by atoms with Gasteiger partial charge in [-0.1, -0.05) is 31.8 Å². The standard InChI is InChI=1S/C21H31F3N4.HI/c1-5-28(6-2)15-9-10-17(3)27-20(25-4)26-14-8-12-18-11-7-13-19(16-18)21(22,23)24;/h7,11,13,16-17H,5-6,9-10,14-15H2,1-4H3,(H2,25,26,27);1H. The highest BCUT2D eigenvalue weighted by Crippen LogP contribution is 2.29. The first kappa shape index (κ1) is 27.5. The highest BCUT2D eigenvalue weighted by molar-refractivity contribution is 14.0. The van der Waals surface area contributed by atoms with Crippen molar-refractivity contribution in [3.05, 3.63) is 35.4 Å². The molecular formula is C21H32F3IN4. The summed E-state index contributed by atoms with van der Waals surface area (Å²) < 4.78 is 38.1. The lowest BCUT2D eigenvalue weighted by Crippen LogP contribution is -2.42. The summed E-state index contributed by atoms with van der Waals surface area (Å²) in [5, 5.41) is 6.38. The molecule has 0 fully saturated rings. The third-order valence-electron chi connectivity index (χ3n) is 4.38. The molecule has 0 radical (unpaired) electrons. The zero-order valence-corrected chi connectivity index (χ0v) is 19.9. The molecule has 164 valence electrons. The summed E-state index contributed by atoms with van der Waals surface area (Å²) in [4.78, 5) is 6.55. The molecule has 0 saturated carbocycles. The van der Waals surface area contributed by atoms with Crippen LogP contribution in [0.2, 0.25) is 0 Å². The van der Waals surface area contributed by atoms with Gasteiger partial charge in [0.25, 0.3) is 0 Å². The maximum Gasteiger partial charge on any atom is 0.416 e. The highest BCUT2D eigenvalue weighted by atomic mass is 127. The van der Waals surface area contributed by atoms with Crippen LogP contribution in [0.15, 0.2) is 29.3 Å². The number of alkyl halides is 3. The van der Waals surface area contributed by atoms with Crippen molar-refractivity contribution in [3.63, 3.8) is 0 Å². The Morgan fingerprint density at radius 1 is 1.24 bits per heavy atom. The molecule has 0 heterocycles. The van der Waals surface area contributed by atoms with Crippen molar-refractivity contribution in [2.24, 2.45) is 4.99 Å². The van der Waals surface area contributed by atoms with Crippen LogP contribution in [-0.4, -0.2) is 50.1 Å². The molecule has 0 aliphatic carbocycles. The molecule has 0 aromatic heterocycles. The average molecular weight is 524 g/mol. The zero-order chi connectivity index (χ0) is 21.0. The largest absolute Gasteiger partial charge is 0.416 e. The van der Waals surface area contributed by atoms with Gasteiger partial charge in [0, 0.05) is 18.7 Å². The molecule has 0 saturated heterocycles. The monoisotopic (exact) mass is 524 g/mol. The fourth-order valence-corrected chi connectivity index (χ4v) is 2.71. The number of aliphatic imine (C=N–C) groups is 1. The number of nitrogens with one attached hydrogen (secondary N) is 2. The van der Waals surface area contributed by atoms with E-state index in [9.17, 15) is 13.2 Å². The second-order valence-corrected chi connectivity index (χ2v) is 6.52. The Bertz CT molecular complexity index is 676. The van der Waals surface area contributed by atoms with Crippen LogP contribution in [0.3, 0.4) is 0 Å². The van der Waals surface area contributed by atoms with E-state index >= 15 is 0 Å². The van der Waals surface area contributed by atoms with Crippen LogP contribution >= 0.6 is 24.0 Å². The molecule has 1 aromatic carbocycles. The molecule has 0 aliphatic heterocycles. The first-order chi connectivity index (χ1) is 13.3. The SMILES string of the molecule is CCN(CC)CCCC(C)NC(=NC)NCC#Cc1cccc(C(F)(F)F)c1.I. The third-order valence-corrected chi connectivity index (χ3v) is 4.38. The number of guanidine groups is 1. The summed E-state index contributed by atoms with van der Waals surface area (Å²) in [7, 11) is 1.68. The number of benzene rings is 1. The van der Waals surface area contributed by atoms with E-state index in [1.165, 1.54) is 6.07 Å². The van der Waals surface area contributed by atoms with E-state index < -0.39 is 11.7 Å². The molecule has 0 spiro atoms. The van der Waals surface area contributed by atoms with E-state index in [1.54, 1.807) is 13.1 Å². The third kappa shape index (κ3) is 11.3. The molecule has 2 N–H and O–H groups in total. The normalized spacial score (nSPS) is 12.6. The van der Waals surface area contributed by atoms with Crippen LogP contribution in [0.4, 0.5) is 13.2 Å². The van der Waals surface area contributed by atoms with Gasteiger partial charge in [0.1, 0.15) is 0 Å². The van der Waals surface area contributed by atoms with Crippen molar-refractivity contribution < 1.29 is 13.2 Å². The van der Waals surface area contributed by atoms with Crippen LogP contribution in [-0.2, 0) is 6.18 Å². The van der Waals surface area contributed by atoms with E-state index in [2.05, 4.69) is 53.1 Å². The fraction of sp³-hybridized carbons (Fsp3) is 0.571. The van der Waals surface area contributed by atoms with Crippen molar-refractivity contribution in [1.29, 1.82) is 0 Å². The minimum atomic E-state index is -4.36. The summed E-state index contributed by atoms with van der Waals surface area (Å²) in [6.07, 6.45) is -2.24. The Kier molecular flexibility index (Phi) is 13.8. The Morgan fingerprint density at radius 3 is 2.52 bits per heavy atom. The predicted molar refractivity (Wildman–Crippen MR) is 125 cm³/mol. The summed E-state index contributed by atoms with van der Waals surface area (Å²) in [6, 6.07) is 5.28. The van der Waals surface area contributed by atoms with E-state index in [0.29, 0.717) is 18.1 Å². The molecule has 0 aliphatic rings. The van der Waals surface area contributed by atoms with Crippen molar-refractivity contribution in [1.82, 2.24) is 15.5 Å². The van der Waals surface area contributed by atoms with E-state index in [4.69, 9.17) is 0 Å². The van der Waals surface area contributed by atoms with Crippen molar-refractivity contribution in [2.75, 3.05) is 33.2 Å². The molecule has 1 atom stereocenters. The van der Waals surface area contributed by atoms with Crippen LogP contribution < -0.4 is 10.6 Å². The first-order valence-corrected chi connectivity index (χ1v) is 9.65. The number of hydrogen-bond donors (Lipinski definition) is 2. The average Bonchev–Trinajstić information content (AvgIpc) is 2.67. The highest BCUT2D eigenvalue weighted by Gasteiger charge is 2.30. The van der Waals surface area contributed by atoms with Crippen LogP contribution in [0, 0.1) is 11.8 Å². The van der Waals surface area contributed by atoms with Gasteiger partial charge >= 0.3 is 6.18 Å². The van der Waals surface area contributed by atoms with Gasteiger partial charge in [0.15, 0.2) is 5.96 Å². The molecule has 0 bridgehead atoms. The fourth-order valence-electron chi connectivity index (χ4n) is 2.71. The summed E-state index contributed by atoms with van der Waals surface area (Å²) in [5.74, 6) is 6.22. The van der Waals surface area contributed by atoms with Gasteiger partial charge < -0.3 is 15.5 Å². The maximum atomic E-state index is 12.7. The minimum absolute atomic E-state index is 0. The van der Waals surface area contributed by atoms with Crippen LogP contribution in [0.1, 0.15) is 44.7 Å². The molecule has 1 rings (SSSR count). The van der Waals surface area contributed by atoms with Gasteiger partial charge in [-0.2, -0.15) is 13.2 Å². The Labute approximate surface area is 189 Å². The molecular weight excluding hydrogens is 492 g/mol. The number of halogens is 4. The molecule has 1 unspecified atom stereocenters. The summed E-state index contributed by atoms with van der Waals surface area (Å²) in [5.41, 5.74) is -0.354. The smallest absolute Gasteiger partial charge is 0.354 e. The quantitative estimate of drug-likeness (QED) is 0.230. The lowest BCUT2D eigenvalue weighted by Gasteiger charge is -2.20. The number of nitrogens with zero attached hydrogens (tertiary/aromatic N) is 2. The van der Waals surface area contributed by atoms with Crippen molar-refractivity contribution in [2.45, 2.75) is 45.8 Å². The van der Waals surface area contributed by atoms with Gasteiger partial charge in [-0.3, -0.25) is 4.99 Å². The Hall–Kier alpha value is -1.47. The van der Waals surface area contributed by atoms with Gasteiger partial charge in [0.2, 0.25) is 0 Å². The molecule has 4 nitrogen and oxygen atoms in total. The van der Waals surface area contributed by atoms with E-state index in [1.807, 2.05) is 0 Å². The summed E-state index contributed by atoms with van der Waals surface area (Å²) >= 11 is 0. The molecule has 1 aromatic rings. The van der Waals surface area contributed by atoms with Crippen molar-refractivity contribution in [3.8, 4) is 11.8 Å². The van der Waals surface area contributed by atoms with Gasteiger partial charge in [-0.05, 0) is 57.6 Å². The molecule has 29 heavy (non-hydrogen) atoms. The van der Waals surface area contributed by atoms with Gasteiger partial charge in [-0.25, -0.2) is 0 Å². The van der Waals surface area contributed by atoms with Gasteiger partial charge in [-0.15, -0.1) is 24.0 Å². The van der Waals surface area contributed by atoms with E-state index in [-0.39, 0.29) is 30.0 Å². The lowest BCUT2D eigenvalue weighted by molar-refractivity contribution is -0.137. The number of rotatable bonds is 8. The first-order valence-electron chi connectivity index (χ1n) is 9.65. The second kappa shape index (κ2) is 14.5. The summed E-state index contributed by atoms with van der Waals surface area (Å²) in [6.45, 7) is 9.92. The lowest BCUT2D eigenvalue weighted by atomic mass is 10.1. The topological polar surface area (TPSA) is 39.7 Å². The van der Waals surface area contributed by atoms with E-state index in [0.717, 1.165) is 44.6 Å². The second-order valence-electron chi connectivity index (χ2n) is 6.52. The predicted octanol–water partition coefficient (Wildman–Crippen LogP) is 4.35.